The van der Waals surface area contributed by atoms with Gasteiger partial charge in [0, 0.05) is 26.1 Å². The second kappa shape index (κ2) is 4.52. The highest BCUT2D eigenvalue weighted by molar-refractivity contribution is 6.32. The summed E-state index contributed by atoms with van der Waals surface area (Å²) in [6.07, 6.45) is 1.69. The molecule has 7 heteroatoms. The lowest BCUT2D eigenvalue weighted by atomic mass is 10.3. The molecule has 1 fully saturated rings. The van der Waals surface area contributed by atoms with Crippen LogP contribution in [0.4, 0.5) is 5.82 Å². The molecule has 1 aromatic rings. The molecule has 0 unspecified atom stereocenters. The predicted molar refractivity (Wildman–Crippen MR) is 59.7 cm³/mol. The molecule has 0 atom stereocenters. The fourth-order valence-corrected chi connectivity index (χ4v) is 1.80. The number of aromatic amines is 1. The Bertz CT molecular complexity index is 459. The molecule has 0 aliphatic carbocycles. The van der Waals surface area contributed by atoms with Crippen LogP contribution < -0.4 is 15.8 Å². The van der Waals surface area contributed by atoms with E-state index in [0.717, 1.165) is 0 Å². The van der Waals surface area contributed by atoms with E-state index in [0.29, 0.717) is 31.9 Å². The van der Waals surface area contributed by atoms with Gasteiger partial charge in [0.05, 0.1) is 6.33 Å². The summed E-state index contributed by atoms with van der Waals surface area (Å²) in [5.41, 5.74) is -0.366. The van der Waals surface area contributed by atoms with E-state index in [4.69, 9.17) is 11.6 Å². The first-order valence-corrected chi connectivity index (χ1v) is 5.31. The van der Waals surface area contributed by atoms with Crippen LogP contribution in [0.25, 0.3) is 0 Å². The summed E-state index contributed by atoms with van der Waals surface area (Å²) in [4.78, 5) is 30.7. The van der Waals surface area contributed by atoms with Gasteiger partial charge in [-0.05, 0) is 0 Å². The zero-order chi connectivity index (χ0) is 11.5. The first-order valence-electron chi connectivity index (χ1n) is 4.93. The third-order valence-electron chi connectivity index (χ3n) is 2.39. The highest BCUT2D eigenvalue weighted by Crippen LogP contribution is 2.18. The number of aromatic nitrogens is 2. The van der Waals surface area contributed by atoms with Gasteiger partial charge in [0.2, 0.25) is 5.91 Å². The van der Waals surface area contributed by atoms with Crippen LogP contribution in [0.5, 0.6) is 0 Å². The van der Waals surface area contributed by atoms with E-state index in [9.17, 15) is 9.59 Å². The molecule has 0 spiro atoms. The van der Waals surface area contributed by atoms with E-state index in [1.54, 1.807) is 0 Å². The molecule has 86 valence electrons. The molecular formula is C9H11ClN4O2. The Kier molecular flexibility index (Phi) is 3.09. The van der Waals surface area contributed by atoms with Crippen molar-refractivity contribution in [3.63, 3.8) is 0 Å². The van der Waals surface area contributed by atoms with Gasteiger partial charge in [0.1, 0.15) is 5.02 Å². The fraction of sp³-hybridized carbons (Fsp3) is 0.444. The Morgan fingerprint density at radius 1 is 1.38 bits per heavy atom. The second-order valence-electron chi connectivity index (χ2n) is 3.46. The van der Waals surface area contributed by atoms with E-state index < -0.39 is 0 Å². The number of rotatable bonds is 1. The number of H-pyrrole nitrogens is 1. The van der Waals surface area contributed by atoms with Crippen LogP contribution in [-0.2, 0) is 4.79 Å². The van der Waals surface area contributed by atoms with Crippen LogP contribution in [0, 0.1) is 0 Å². The Morgan fingerprint density at radius 2 is 2.19 bits per heavy atom. The number of nitrogens with zero attached hydrogens (tertiary/aromatic N) is 2. The average Bonchev–Trinajstić information content (AvgIpc) is 2.47. The molecule has 2 N–H and O–H groups in total. The lowest BCUT2D eigenvalue weighted by Crippen LogP contribution is -2.30. The molecule has 6 nitrogen and oxygen atoms in total. The zero-order valence-corrected chi connectivity index (χ0v) is 9.25. The molecule has 0 bridgehead atoms. The predicted octanol–water partition coefficient (Wildman–Crippen LogP) is -0.250. The van der Waals surface area contributed by atoms with E-state index >= 15 is 0 Å². The van der Waals surface area contributed by atoms with Gasteiger partial charge < -0.3 is 15.2 Å². The molecule has 0 aromatic carbocycles. The monoisotopic (exact) mass is 242 g/mol. The van der Waals surface area contributed by atoms with Gasteiger partial charge in [-0.15, -0.1) is 0 Å². The third-order valence-corrected chi connectivity index (χ3v) is 2.73. The molecular weight excluding hydrogens is 232 g/mol. The number of hydrogen-bond donors (Lipinski definition) is 2. The Labute approximate surface area is 96.6 Å². The topological polar surface area (TPSA) is 78.1 Å². The highest BCUT2D eigenvalue weighted by Gasteiger charge is 2.18. The van der Waals surface area contributed by atoms with Crippen molar-refractivity contribution in [3.05, 3.63) is 21.7 Å². The molecule has 16 heavy (non-hydrogen) atoms. The van der Waals surface area contributed by atoms with Gasteiger partial charge in [-0.25, -0.2) is 4.98 Å². The summed E-state index contributed by atoms with van der Waals surface area (Å²) >= 11 is 5.86. The SMILES string of the molecule is O=C1CCN(c2nc[nH]c(=O)c2Cl)CCN1. The summed E-state index contributed by atoms with van der Waals surface area (Å²) in [7, 11) is 0. The van der Waals surface area contributed by atoms with Gasteiger partial charge in [0.15, 0.2) is 5.82 Å². The number of anilines is 1. The Hall–Kier alpha value is -1.56. The Balaban J connectivity index is 2.26. The second-order valence-corrected chi connectivity index (χ2v) is 3.83. The smallest absolute Gasteiger partial charge is 0.271 e. The van der Waals surface area contributed by atoms with Crippen LogP contribution in [0.2, 0.25) is 5.02 Å². The van der Waals surface area contributed by atoms with Crippen LogP contribution in [0.3, 0.4) is 0 Å². The number of hydrogen-bond acceptors (Lipinski definition) is 4. The molecule has 1 aliphatic heterocycles. The summed E-state index contributed by atoms with van der Waals surface area (Å²) in [5, 5.41) is 2.81. The van der Waals surface area contributed by atoms with Gasteiger partial charge in [0.25, 0.3) is 5.56 Å². The highest BCUT2D eigenvalue weighted by atomic mass is 35.5. The van der Waals surface area contributed by atoms with E-state index in [1.807, 2.05) is 4.90 Å². The normalized spacial score (nSPS) is 16.8. The van der Waals surface area contributed by atoms with Crippen LogP contribution in [0.1, 0.15) is 6.42 Å². The molecule has 2 rings (SSSR count). The first kappa shape index (κ1) is 10.9. The summed E-state index contributed by atoms with van der Waals surface area (Å²) in [6, 6.07) is 0. The summed E-state index contributed by atoms with van der Waals surface area (Å²) in [5.74, 6) is 0.436. The first-order chi connectivity index (χ1) is 7.68. The van der Waals surface area contributed by atoms with Crippen LogP contribution in [-0.4, -0.2) is 35.5 Å². The van der Waals surface area contributed by atoms with Crippen molar-refractivity contribution >= 4 is 23.3 Å². The van der Waals surface area contributed by atoms with Gasteiger partial charge in [-0.3, -0.25) is 9.59 Å². The van der Waals surface area contributed by atoms with Crippen LogP contribution in [0.15, 0.2) is 11.1 Å². The molecule has 0 radical (unpaired) electrons. The average molecular weight is 243 g/mol. The van der Waals surface area contributed by atoms with E-state index in [2.05, 4.69) is 15.3 Å². The molecule has 0 saturated carbocycles. The van der Waals surface area contributed by atoms with E-state index in [-0.39, 0.29) is 16.5 Å². The minimum Gasteiger partial charge on any atom is -0.354 e. The molecule has 2 heterocycles. The molecule has 1 aliphatic rings. The van der Waals surface area contributed by atoms with Gasteiger partial charge in [-0.1, -0.05) is 11.6 Å². The number of amides is 1. The van der Waals surface area contributed by atoms with Gasteiger partial charge >= 0.3 is 0 Å². The van der Waals surface area contributed by atoms with Crippen molar-refractivity contribution in [2.24, 2.45) is 0 Å². The summed E-state index contributed by atoms with van der Waals surface area (Å²) < 4.78 is 0. The number of halogens is 1. The summed E-state index contributed by atoms with van der Waals surface area (Å²) in [6.45, 7) is 1.65. The zero-order valence-electron chi connectivity index (χ0n) is 8.49. The van der Waals surface area contributed by atoms with Crippen molar-refractivity contribution in [1.82, 2.24) is 15.3 Å². The molecule has 1 amide bonds. The fourth-order valence-electron chi connectivity index (χ4n) is 1.57. The van der Waals surface area contributed by atoms with Crippen molar-refractivity contribution in [2.45, 2.75) is 6.42 Å². The maximum Gasteiger partial charge on any atom is 0.271 e. The largest absolute Gasteiger partial charge is 0.354 e. The number of carbonyl (C=O) groups excluding carboxylic acids is 1. The van der Waals surface area contributed by atoms with Gasteiger partial charge in [-0.2, -0.15) is 0 Å². The standard InChI is InChI=1S/C9H11ClN4O2/c10-7-8(12-5-13-9(7)16)14-3-1-6(15)11-2-4-14/h5H,1-4H2,(H,11,15)(H,12,13,16). The van der Waals surface area contributed by atoms with Crippen molar-refractivity contribution in [1.29, 1.82) is 0 Å². The van der Waals surface area contributed by atoms with Crippen molar-refractivity contribution in [2.75, 3.05) is 24.5 Å². The van der Waals surface area contributed by atoms with Crippen LogP contribution >= 0.6 is 11.6 Å². The number of nitrogens with one attached hydrogen (secondary N) is 2. The van der Waals surface area contributed by atoms with Crippen molar-refractivity contribution in [3.8, 4) is 0 Å². The number of carbonyl (C=O) groups is 1. The molecule has 1 aromatic heterocycles. The van der Waals surface area contributed by atoms with E-state index in [1.165, 1.54) is 6.33 Å². The maximum absolute atomic E-state index is 11.3. The quantitative estimate of drug-likeness (QED) is 0.712. The lowest BCUT2D eigenvalue weighted by Gasteiger charge is -2.20. The lowest BCUT2D eigenvalue weighted by molar-refractivity contribution is -0.120. The maximum atomic E-state index is 11.3. The Morgan fingerprint density at radius 3 is 3.00 bits per heavy atom. The minimum atomic E-state index is -0.366. The minimum absolute atomic E-state index is 0.00321. The third kappa shape index (κ3) is 2.16. The van der Waals surface area contributed by atoms with Crippen molar-refractivity contribution < 1.29 is 4.79 Å². The molecule has 1 saturated heterocycles.